The van der Waals surface area contributed by atoms with Gasteiger partial charge in [-0.1, -0.05) is 11.6 Å². The molecule has 1 fully saturated rings. The highest BCUT2D eigenvalue weighted by atomic mass is 35.5. The van der Waals surface area contributed by atoms with Crippen molar-refractivity contribution in [2.75, 3.05) is 32.8 Å². The highest BCUT2D eigenvalue weighted by Gasteiger charge is 2.24. The molecule has 0 atom stereocenters. The van der Waals surface area contributed by atoms with E-state index >= 15 is 0 Å². The smallest absolute Gasteiger partial charge is 0.324 e. The number of benzene rings is 1. The van der Waals surface area contributed by atoms with Crippen LogP contribution in [0, 0.1) is 0 Å². The van der Waals surface area contributed by atoms with Gasteiger partial charge in [0.25, 0.3) is 5.91 Å². The summed E-state index contributed by atoms with van der Waals surface area (Å²) >= 11 is 6.01. The normalized spacial score (nSPS) is 16.8. The highest BCUT2D eigenvalue weighted by Crippen LogP contribution is 2.26. The van der Waals surface area contributed by atoms with E-state index in [0.29, 0.717) is 30.4 Å². The van der Waals surface area contributed by atoms with Crippen LogP contribution >= 0.6 is 11.6 Å². The molecule has 2 aliphatic heterocycles. The first-order chi connectivity index (χ1) is 13.4. The monoisotopic (exact) mass is 408 g/mol. The molecule has 2 heterocycles. The van der Waals surface area contributed by atoms with Crippen LogP contribution in [0.15, 0.2) is 18.2 Å². The molecule has 2 aliphatic rings. The Bertz CT molecular complexity index is 800. The van der Waals surface area contributed by atoms with Crippen LogP contribution in [0.5, 0.6) is 5.75 Å². The lowest BCUT2D eigenvalue weighted by molar-refractivity contribution is -0.133. The van der Waals surface area contributed by atoms with E-state index in [2.05, 4.69) is 10.6 Å². The molecule has 3 rings (SSSR count). The third-order valence-corrected chi connectivity index (χ3v) is 4.78. The number of urea groups is 1. The van der Waals surface area contributed by atoms with Gasteiger partial charge >= 0.3 is 6.03 Å². The number of nitrogens with zero attached hydrogens (tertiary/aromatic N) is 2. The molecule has 0 spiro atoms. The molecule has 28 heavy (non-hydrogen) atoms. The third-order valence-electron chi connectivity index (χ3n) is 4.54. The first kappa shape index (κ1) is 19.9. The number of hydrogen-bond acceptors (Lipinski definition) is 5. The number of ether oxygens (including phenoxy) is 1. The predicted molar refractivity (Wildman–Crippen MR) is 99.7 cm³/mol. The van der Waals surface area contributed by atoms with Gasteiger partial charge < -0.3 is 19.9 Å². The molecule has 0 aromatic heterocycles. The van der Waals surface area contributed by atoms with Crippen LogP contribution in [0.25, 0.3) is 0 Å². The number of hydrogen-bond donors (Lipinski definition) is 2. The summed E-state index contributed by atoms with van der Waals surface area (Å²) in [5, 5.41) is 5.52. The van der Waals surface area contributed by atoms with Crippen molar-refractivity contribution in [1.82, 2.24) is 20.4 Å². The summed E-state index contributed by atoms with van der Waals surface area (Å²) in [6, 6.07) is 4.73. The maximum absolute atomic E-state index is 12.2. The molecule has 0 aliphatic carbocycles. The van der Waals surface area contributed by atoms with Gasteiger partial charge in [0.05, 0.1) is 0 Å². The molecule has 5 amide bonds. The van der Waals surface area contributed by atoms with Crippen LogP contribution in [-0.2, 0) is 20.9 Å². The lowest BCUT2D eigenvalue weighted by Gasteiger charge is -2.26. The fraction of sp³-hybridized carbons (Fsp3) is 0.444. The summed E-state index contributed by atoms with van der Waals surface area (Å²) in [6.45, 7) is 1.44. The van der Waals surface area contributed by atoms with Crippen molar-refractivity contribution in [2.24, 2.45) is 0 Å². The van der Waals surface area contributed by atoms with Crippen molar-refractivity contribution in [3.63, 3.8) is 0 Å². The van der Waals surface area contributed by atoms with Crippen LogP contribution in [-0.4, -0.2) is 66.3 Å². The first-order valence-corrected chi connectivity index (χ1v) is 9.34. The number of fused-ring (bicyclic) bond motifs is 1. The van der Waals surface area contributed by atoms with Crippen molar-refractivity contribution >= 4 is 35.4 Å². The zero-order valence-corrected chi connectivity index (χ0v) is 16.0. The number of carbonyl (C=O) groups excluding carboxylic acids is 4. The van der Waals surface area contributed by atoms with Gasteiger partial charge in [-0.05, 0) is 18.2 Å². The second-order valence-corrected chi connectivity index (χ2v) is 6.98. The Morgan fingerprint density at radius 3 is 2.82 bits per heavy atom. The van der Waals surface area contributed by atoms with E-state index in [1.807, 2.05) is 0 Å². The topological polar surface area (TPSA) is 108 Å². The number of halogens is 1. The first-order valence-electron chi connectivity index (χ1n) is 8.97. The fourth-order valence-electron chi connectivity index (χ4n) is 3.01. The molecule has 10 heteroatoms. The minimum Gasteiger partial charge on any atom is -0.483 e. The van der Waals surface area contributed by atoms with Gasteiger partial charge in [0, 0.05) is 56.2 Å². The van der Waals surface area contributed by atoms with Crippen molar-refractivity contribution in [3.05, 3.63) is 28.8 Å². The van der Waals surface area contributed by atoms with Gasteiger partial charge in [0.2, 0.25) is 11.8 Å². The highest BCUT2D eigenvalue weighted by molar-refractivity contribution is 6.30. The summed E-state index contributed by atoms with van der Waals surface area (Å²) in [7, 11) is 0. The van der Waals surface area contributed by atoms with E-state index in [-0.39, 0.29) is 50.3 Å². The van der Waals surface area contributed by atoms with Crippen molar-refractivity contribution in [1.29, 1.82) is 0 Å². The Hall–Kier alpha value is -2.81. The van der Waals surface area contributed by atoms with Gasteiger partial charge in [-0.3, -0.25) is 19.7 Å². The average molecular weight is 409 g/mol. The lowest BCUT2D eigenvalue weighted by Crippen LogP contribution is -2.50. The number of nitrogens with one attached hydrogen (secondary N) is 2. The number of rotatable bonds is 6. The van der Waals surface area contributed by atoms with Gasteiger partial charge in [0.15, 0.2) is 6.61 Å². The SMILES string of the molecule is O=C(CCN1CCC(=O)NC1=O)NCCN1Cc2cc(Cl)ccc2OCC1=O. The Balaban J connectivity index is 1.43. The van der Waals surface area contributed by atoms with Crippen molar-refractivity contribution < 1.29 is 23.9 Å². The van der Waals surface area contributed by atoms with Crippen LogP contribution in [0.1, 0.15) is 18.4 Å². The molecular formula is C18H21ClN4O5. The van der Waals surface area contributed by atoms with E-state index in [1.165, 1.54) is 4.90 Å². The van der Waals surface area contributed by atoms with Gasteiger partial charge in [-0.2, -0.15) is 0 Å². The van der Waals surface area contributed by atoms with E-state index in [0.717, 1.165) is 5.56 Å². The van der Waals surface area contributed by atoms with Gasteiger partial charge in [0.1, 0.15) is 5.75 Å². The predicted octanol–water partition coefficient (Wildman–Crippen LogP) is 0.509. The molecule has 1 aromatic rings. The number of imide groups is 1. The molecule has 9 nitrogen and oxygen atoms in total. The van der Waals surface area contributed by atoms with Gasteiger partial charge in [-0.25, -0.2) is 4.79 Å². The standard InChI is InChI=1S/C18H21ClN4O5/c19-13-1-2-14-12(9-13)10-23(17(26)11-28-14)8-5-20-15(24)3-6-22-7-4-16(25)21-18(22)27/h1-2,9H,3-8,10-11H2,(H,20,24)(H,21,25,27). The van der Waals surface area contributed by atoms with E-state index in [1.54, 1.807) is 23.1 Å². The molecule has 0 unspecified atom stereocenters. The van der Waals surface area contributed by atoms with Crippen LogP contribution in [0.4, 0.5) is 4.79 Å². The van der Waals surface area contributed by atoms with Crippen LogP contribution in [0.2, 0.25) is 5.02 Å². The largest absolute Gasteiger partial charge is 0.483 e. The fourth-order valence-corrected chi connectivity index (χ4v) is 3.20. The summed E-state index contributed by atoms with van der Waals surface area (Å²) in [6.07, 6.45) is 0.356. The minimum absolute atomic E-state index is 0.0641. The second kappa shape index (κ2) is 8.92. The Labute approximate surface area is 166 Å². The molecule has 1 saturated heterocycles. The Morgan fingerprint density at radius 1 is 1.21 bits per heavy atom. The maximum Gasteiger partial charge on any atom is 0.324 e. The molecule has 2 N–H and O–H groups in total. The molecule has 0 radical (unpaired) electrons. The van der Waals surface area contributed by atoms with E-state index in [4.69, 9.17) is 16.3 Å². The average Bonchev–Trinajstić information content (AvgIpc) is 2.80. The maximum atomic E-state index is 12.2. The van der Waals surface area contributed by atoms with Crippen molar-refractivity contribution in [3.8, 4) is 5.75 Å². The van der Waals surface area contributed by atoms with E-state index in [9.17, 15) is 19.2 Å². The second-order valence-electron chi connectivity index (χ2n) is 6.55. The minimum atomic E-state index is -0.475. The zero-order chi connectivity index (χ0) is 20.1. The zero-order valence-electron chi connectivity index (χ0n) is 15.2. The lowest BCUT2D eigenvalue weighted by atomic mass is 10.2. The number of amides is 5. The van der Waals surface area contributed by atoms with Gasteiger partial charge in [-0.15, -0.1) is 0 Å². The Morgan fingerprint density at radius 2 is 2.04 bits per heavy atom. The van der Waals surface area contributed by atoms with Crippen LogP contribution in [0.3, 0.4) is 0 Å². The van der Waals surface area contributed by atoms with E-state index < -0.39 is 6.03 Å². The Kier molecular flexibility index (Phi) is 6.35. The van der Waals surface area contributed by atoms with Crippen molar-refractivity contribution in [2.45, 2.75) is 19.4 Å². The molecule has 1 aromatic carbocycles. The summed E-state index contributed by atoms with van der Waals surface area (Å²) < 4.78 is 5.49. The summed E-state index contributed by atoms with van der Waals surface area (Å²) in [4.78, 5) is 50.0. The molecule has 0 saturated carbocycles. The molecule has 0 bridgehead atoms. The summed E-state index contributed by atoms with van der Waals surface area (Å²) in [5.74, 6) is -0.0786. The number of carbonyl (C=O) groups is 4. The third kappa shape index (κ3) is 5.13. The summed E-state index contributed by atoms with van der Waals surface area (Å²) in [5.41, 5.74) is 0.815. The molecule has 150 valence electrons. The quantitative estimate of drug-likeness (QED) is 0.713. The van der Waals surface area contributed by atoms with Crippen LogP contribution < -0.4 is 15.4 Å². The molecular weight excluding hydrogens is 388 g/mol.